The molecule has 0 heterocycles. The number of hydrogen-bond donors (Lipinski definition) is 0. The van der Waals surface area contributed by atoms with E-state index in [1.165, 1.54) is 0 Å². The first-order valence-corrected chi connectivity index (χ1v) is 12.4. The fourth-order valence-corrected chi connectivity index (χ4v) is 8.14. The monoisotopic (exact) mass is 501 g/mol. The van der Waals surface area contributed by atoms with Gasteiger partial charge >= 0.3 is 12.1 Å². The molecule has 5 nitrogen and oxygen atoms in total. The Hall–Kier alpha value is -3.69. The van der Waals surface area contributed by atoms with Gasteiger partial charge in [-0.15, -0.1) is 0 Å². The third kappa shape index (κ3) is 6.91. The van der Waals surface area contributed by atoms with Gasteiger partial charge in [-0.3, -0.25) is 0 Å². The Bertz CT molecular complexity index is 1040. The molecule has 0 saturated heterocycles. The molecule has 0 bridgehead atoms. The highest BCUT2D eigenvalue weighted by molar-refractivity contribution is 7.96. The van der Waals surface area contributed by atoms with Crippen LogP contribution in [0.15, 0.2) is 91.0 Å². The number of nitrogens with zero attached hydrogens (tertiary/aromatic N) is 1. The van der Waals surface area contributed by atoms with Gasteiger partial charge in [0.2, 0.25) is 0 Å². The fourth-order valence-electron chi connectivity index (χ4n) is 3.58. The van der Waals surface area contributed by atoms with E-state index < -0.39 is 19.4 Å². The topological polar surface area (TPSA) is 90.2 Å². The van der Waals surface area contributed by atoms with Crippen molar-refractivity contribution in [1.29, 1.82) is 5.26 Å². The molecule has 0 saturated carbocycles. The van der Waals surface area contributed by atoms with Crippen molar-refractivity contribution in [1.82, 2.24) is 0 Å². The van der Waals surface area contributed by atoms with Gasteiger partial charge in [-0.25, -0.2) is 4.79 Å². The summed E-state index contributed by atoms with van der Waals surface area (Å²) in [6.45, 7) is 2.08. The molecule has 3 aromatic carbocycles. The number of alkyl halides is 3. The van der Waals surface area contributed by atoms with E-state index in [0.717, 1.165) is 15.9 Å². The first-order valence-electron chi connectivity index (χ1n) is 10.5. The minimum absolute atomic E-state index is 0.123. The van der Waals surface area contributed by atoms with E-state index in [4.69, 9.17) is 19.9 Å². The van der Waals surface area contributed by atoms with E-state index in [1.807, 2.05) is 67.6 Å². The normalized spacial score (nSPS) is 11.9. The number of carbonyl (C=O) groups is 2. The lowest BCUT2D eigenvalue weighted by molar-refractivity contribution is -0.344. The maximum atomic E-state index is 13.1. The number of hydrogen-bond acceptors (Lipinski definition) is 5. The molecule has 0 spiro atoms. The molecule has 3 aromatic rings. The summed E-state index contributed by atoms with van der Waals surface area (Å²) in [5, 5.41) is 21.0. The zero-order valence-corrected chi connectivity index (χ0v) is 19.7. The Morgan fingerprint density at radius 1 is 0.886 bits per heavy atom. The average molecular weight is 501 g/mol. The molecule has 0 fully saturated rings. The van der Waals surface area contributed by atoms with Crippen LogP contribution in [-0.4, -0.2) is 30.4 Å². The smallest absolute Gasteiger partial charge is 0.430 e. The second-order valence-electron chi connectivity index (χ2n) is 7.27. The summed E-state index contributed by atoms with van der Waals surface area (Å²) in [4.78, 5) is 21.9. The lowest BCUT2D eigenvalue weighted by Crippen LogP contribution is -2.41. The van der Waals surface area contributed by atoms with Gasteiger partial charge in [0.25, 0.3) is 0 Å². The van der Waals surface area contributed by atoms with E-state index in [2.05, 4.69) is 36.4 Å². The van der Waals surface area contributed by atoms with E-state index >= 15 is 0 Å². The summed E-state index contributed by atoms with van der Waals surface area (Å²) < 4.78 is 37.0. The van der Waals surface area contributed by atoms with Crippen molar-refractivity contribution in [3.8, 4) is 6.07 Å². The van der Waals surface area contributed by atoms with Crippen LogP contribution < -0.4 is 21.0 Å². The molecule has 0 aliphatic heterocycles. The first kappa shape index (κ1) is 27.6. The molecule has 0 N–H and O–H groups in total. The molecule has 0 aromatic heterocycles. The molecule has 0 aliphatic carbocycles. The molecular formula is C26H23F3NO4P. The molecule has 1 unspecified atom stereocenters. The molecule has 3 rings (SSSR count). The second kappa shape index (κ2) is 12.7. The maximum Gasteiger partial charge on any atom is 0.430 e. The van der Waals surface area contributed by atoms with Crippen LogP contribution in [0.25, 0.3) is 0 Å². The highest BCUT2D eigenvalue weighted by Crippen LogP contribution is 2.59. The zero-order chi connectivity index (χ0) is 25.9. The number of carbonyl (C=O) groups excluding carboxylic acids is 2. The van der Waals surface area contributed by atoms with Gasteiger partial charge in [-0.1, -0.05) is 54.6 Å². The molecule has 0 radical (unpaired) electrons. The van der Waals surface area contributed by atoms with Crippen LogP contribution in [0.4, 0.5) is 13.2 Å². The molecule has 35 heavy (non-hydrogen) atoms. The van der Waals surface area contributed by atoms with Crippen molar-refractivity contribution in [2.75, 3.05) is 6.61 Å². The van der Waals surface area contributed by atoms with Crippen LogP contribution in [0.5, 0.6) is 0 Å². The number of ether oxygens (including phenoxy) is 1. The number of esters is 1. The summed E-state index contributed by atoms with van der Waals surface area (Å²) in [7, 11) is -2.31. The Morgan fingerprint density at radius 3 is 1.51 bits per heavy atom. The number of nitriles is 1. The predicted molar refractivity (Wildman–Crippen MR) is 127 cm³/mol. The number of halogens is 3. The second-order valence-corrected chi connectivity index (χ2v) is 11.0. The molecule has 9 heteroatoms. The lowest BCUT2D eigenvalue weighted by Gasteiger charge is -2.31. The van der Waals surface area contributed by atoms with Gasteiger partial charge in [-0.05, 0) is 43.3 Å². The summed E-state index contributed by atoms with van der Waals surface area (Å²) in [5.41, 5.74) is -0.376. The minimum Gasteiger partial charge on any atom is -0.542 e. The van der Waals surface area contributed by atoms with Crippen LogP contribution in [-0.2, 0) is 14.3 Å². The number of benzene rings is 3. The molecule has 1 atom stereocenters. The van der Waals surface area contributed by atoms with Crippen LogP contribution in [0.1, 0.15) is 13.3 Å². The minimum atomic E-state index is -5.19. The van der Waals surface area contributed by atoms with Crippen molar-refractivity contribution < 1.29 is 32.6 Å². The highest BCUT2D eigenvalue weighted by atomic mass is 31.2. The highest BCUT2D eigenvalue weighted by Gasteiger charge is 2.54. The van der Waals surface area contributed by atoms with Gasteiger partial charge in [0.05, 0.1) is 12.5 Å². The van der Waals surface area contributed by atoms with Crippen LogP contribution in [0.2, 0.25) is 0 Å². The van der Waals surface area contributed by atoms with Gasteiger partial charge in [0.1, 0.15) is 35.8 Å². The van der Waals surface area contributed by atoms with Crippen molar-refractivity contribution in [3.63, 3.8) is 0 Å². The van der Waals surface area contributed by atoms with E-state index in [0.29, 0.717) is 0 Å². The number of rotatable bonds is 7. The Balaban J connectivity index is 0.000000540. The van der Waals surface area contributed by atoms with Gasteiger partial charge in [-0.2, -0.15) is 18.4 Å². The van der Waals surface area contributed by atoms with Crippen LogP contribution >= 0.6 is 7.26 Å². The third-order valence-corrected chi connectivity index (χ3v) is 9.81. The van der Waals surface area contributed by atoms with Crippen molar-refractivity contribution in [2.45, 2.75) is 25.2 Å². The first-order chi connectivity index (χ1) is 16.7. The zero-order valence-electron chi connectivity index (χ0n) is 18.8. The number of carboxylic acids is 1. The van der Waals surface area contributed by atoms with Gasteiger partial charge in [0.15, 0.2) is 5.66 Å². The van der Waals surface area contributed by atoms with Crippen LogP contribution in [0, 0.1) is 11.3 Å². The molecule has 182 valence electrons. The van der Waals surface area contributed by atoms with Crippen LogP contribution in [0.3, 0.4) is 0 Å². The molecule has 0 amide bonds. The summed E-state index contributed by atoms with van der Waals surface area (Å²) >= 11 is 0. The van der Waals surface area contributed by atoms with Crippen molar-refractivity contribution >= 4 is 35.1 Å². The summed E-state index contributed by atoms with van der Waals surface area (Å²) in [6, 6.07) is 32.7. The Kier molecular flexibility index (Phi) is 9.98. The van der Waals surface area contributed by atoms with E-state index in [1.54, 1.807) is 0 Å². The maximum absolute atomic E-state index is 13.1. The van der Waals surface area contributed by atoms with Crippen molar-refractivity contribution in [3.05, 3.63) is 91.0 Å². The van der Waals surface area contributed by atoms with Gasteiger partial charge in [0, 0.05) is 0 Å². The quantitative estimate of drug-likeness (QED) is 0.282. The Morgan fingerprint density at radius 2 is 1.23 bits per heavy atom. The molecular weight excluding hydrogens is 478 g/mol. The Labute approximate surface area is 202 Å². The van der Waals surface area contributed by atoms with Gasteiger partial charge < -0.3 is 14.6 Å². The van der Waals surface area contributed by atoms with E-state index in [9.17, 15) is 18.0 Å². The van der Waals surface area contributed by atoms with Crippen molar-refractivity contribution in [2.24, 2.45) is 0 Å². The predicted octanol–water partition coefficient (Wildman–Crippen LogP) is 3.12. The lowest BCUT2D eigenvalue weighted by atomic mass is 10.3. The fraction of sp³-hybridized carbons (Fsp3) is 0.192. The average Bonchev–Trinajstić information content (AvgIpc) is 2.86. The number of aliphatic carboxylic acids is 1. The number of carboxylic acid groups (broad SMARTS) is 1. The molecule has 0 aliphatic rings. The third-order valence-electron chi connectivity index (χ3n) is 5.10. The largest absolute Gasteiger partial charge is 0.542 e. The SMILES string of the molecule is CC(C(=O)OCCC#N)[P+](c1ccccc1)(c1ccccc1)c1ccccc1.O=C([O-])C(F)(F)F. The van der Waals surface area contributed by atoms with E-state index in [-0.39, 0.29) is 24.7 Å². The summed E-state index contributed by atoms with van der Waals surface area (Å²) in [5.74, 6) is -3.27. The summed E-state index contributed by atoms with van der Waals surface area (Å²) in [6.07, 6.45) is -4.99. The standard InChI is InChI=1S/C24H23NO2P.C2HF3O2/c1-20(24(26)27-19-11-18-25)28(21-12-5-2-6-13-21,22-14-7-3-8-15-22)23-16-9-4-10-17-23;3-2(4,5)1(6)7/h2-10,12-17,20H,11,19H2,1H3;(H,6,7)/q+1;/p-1.